The largest absolute Gasteiger partial charge is 0.497 e. The van der Waals surface area contributed by atoms with E-state index in [-0.39, 0.29) is 12.2 Å². The van der Waals surface area contributed by atoms with Crippen molar-refractivity contribution in [1.82, 2.24) is 0 Å². The molecule has 2 rings (SSSR count). The van der Waals surface area contributed by atoms with E-state index in [0.717, 1.165) is 11.3 Å². The fraction of sp³-hybridized carbons (Fsp3) is 0.294. The number of ketones is 1. The second-order valence-electron chi connectivity index (χ2n) is 5.28. The van der Waals surface area contributed by atoms with E-state index in [4.69, 9.17) is 14.2 Å². The highest BCUT2D eigenvalue weighted by Gasteiger charge is 2.30. The lowest BCUT2D eigenvalue weighted by atomic mass is 10.1. The van der Waals surface area contributed by atoms with E-state index >= 15 is 0 Å². The molecule has 5 nitrogen and oxygen atoms in total. The van der Waals surface area contributed by atoms with Gasteiger partial charge in [-0.15, -0.1) is 0 Å². The van der Waals surface area contributed by atoms with Gasteiger partial charge in [0, 0.05) is 13.8 Å². The first-order valence-electron chi connectivity index (χ1n) is 6.85. The average Bonchev–Trinajstić information content (AvgIpc) is 2.43. The Bertz CT molecular complexity index is 623. The molecule has 0 aliphatic carbocycles. The van der Waals surface area contributed by atoms with Crippen LogP contribution in [0.15, 0.2) is 42.2 Å². The van der Waals surface area contributed by atoms with Crippen molar-refractivity contribution in [3.63, 3.8) is 0 Å². The zero-order chi connectivity index (χ0) is 16.2. The van der Waals surface area contributed by atoms with Crippen LogP contribution < -0.4 is 4.74 Å². The van der Waals surface area contributed by atoms with Crippen molar-refractivity contribution in [3.05, 3.63) is 47.7 Å². The van der Waals surface area contributed by atoms with Crippen LogP contribution in [0.25, 0.3) is 6.08 Å². The summed E-state index contributed by atoms with van der Waals surface area (Å²) in [5.41, 5.74) is 0.882. The molecular formula is C17H18O5. The molecule has 1 aromatic rings. The van der Waals surface area contributed by atoms with Crippen molar-refractivity contribution in [2.24, 2.45) is 0 Å². The van der Waals surface area contributed by atoms with Gasteiger partial charge in [0.25, 0.3) is 0 Å². The third kappa shape index (κ3) is 4.48. The number of methoxy groups -OCH3 is 1. The van der Waals surface area contributed by atoms with Gasteiger partial charge in [-0.1, -0.05) is 18.2 Å². The monoisotopic (exact) mass is 302 g/mol. The topological polar surface area (TPSA) is 61.8 Å². The van der Waals surface area contributed by atoms with E-state index in [1.165, 1.54) is 12.2 Å². The lowest BCUT2D eigenvalue weighted by Gasteiger charge is -2.30. The number of esters is 1. The van der Waals surface area contributed by atoms with Gasteiger partial charge in [0.05, 0.1) is 19.6 Å². The summed E-state index contributed by atoms with van der Waals surface area (Å²) in [6, 6.07) is 7.32. The molecule has 1 aromatic carbocycles. The molecule has 0 saturated carbocycles. The molecule has 0 unspecified atom stereocenters. The molecule has 0 N–H and O–H groups in total. The van der Waals surface area contributed by atoms with Crippen LogP contribution in [0.5, 0.6) is 5.75 Å². The molecule has 5 heteroatoms. The molecule has 0 radical (unpaired) electrons. The number of rotatable bonds is 5. The van der Waals surface area contributed by atoms with Crippen molar-refractivity contribution >= 4 is 17.8 Å². The smallest absolute Gasteiger partial charge is 0.337 e. The maximum absolute atomic E-state index is 11.9. The molecule has 0 saturated heterocycles. The van der Waals surface area contributed by atoms with Crippen LogP contribution in [-0.2, 0) is 19.1 Å². The molecule has 0 spiro atoms. The summed E-state index contributed by atoms with van der Waals surface area (Å²) in [6.45, 7) is 3.24. The van der Waals surface area contributed by atoms with Crippen molar-refractivity contribution in [2.75, 3.05) is 7.11 Å². The summed E-state index contributed by atoms with van der Waals surface area (Å²) in [5, 5.41) is 0. The second kappa shape index (κ2) is 6.47. The van der Waals surface area contributed by atoms with Gasteiger partial charge < -0.3 is 14.2 Å². The summed E-state index contributed by atoms with van der Waals surface area (Å²) in [6.07, 6.45) is 4.38. The number of carbonyl (C=O) groups excluding carboxylic acids is 2. The van der Waals surface area contributed by atoms with E-state index < -0.39 is 11.8 Å². The minimum atomic E-state index is -1.04. The van der Waals surface area contributed by atoms with E-state index in [9.17, 15) is 9.59 Å². The molecule has 1 aliphatic rings. The highest BCUT2D eigenvalue weighted by atomic mass is 16.7. The maximum atomic E-state index is 11.9. The van der Waals surface area contributed by atoms with Crippen molar-refractivity contribution < 1.29 is 23.8 Å². The van der Waals surface area contributed by atoms with Crippen LogP contribution in [-0.4, -0.2) is 24.6 Å². The molecule has 1 heterocycles. The number of hydrogen-bond acceptors (Lipinski definition) is 5. The number of cyclic esters (lactones) is 1. The van der Waals surface area contributed by atoms with Gasteiger partial charge in [-0.25, -0.2) is 4.79 Å². The molecule has 0 atom stereocenters. The minimum Gasteiger partial charge on any atom is -0.497 e. The van der Waals surface area contributed by atoms with Crippen molar-refractivity contribution in [2.45, 2.75) is 26.1 Å². The third-order valence-electron chi connectivity index (χ3n) is 2.93. The average molecular weight is 302 g/mol. The first kappa shape index (κ1) is 15.8. The lowest BCUT2D eigenvalue weighted by molar-refractivity contribution is -0.205. The molecule has 22 heavy (non-hydrogen) atoms. The van der Waals surface area contributed by atoms with Crippen LogP contribution >= 0.6 is 0 Å². The van der Waals surface area contributed by atoms with Crippen molar-refractivity contribution in [3.8, 4) is 5.75 Å². The number of carbonyl (C=O) groups is 2. The van der Waals surface area contributed by atoms with E-state index in [2.05, 4.69) is 0 Å². The Hall–Kier alpha value is -2.56. The number of benzene rings is 1. The molecule has 116 valence electrons. The summed E-state index contributed by atoms with van der Waals surface area (Å²) >= 11 is 0. The van der Waals surface area contributed by atoms with Crippen molar-refractivity contribution in [1.29, 1.82) is 0 Å². The molecule has 0 aromatic heterocycles. The van der Waals surface area contributed by atoms with Gasteiger partial charge in [0.2, 0.25) is 5.79 Å². The first-order valence-corrected chi connectivity index (χ1v) is 6.85. The summed E-state index contributed by atoms with van der Waals surface area (Å²) in [4.78, 5) is 23.3. The number of hydrogen-bond donors (Lipinski definition) is 0. The quantitative estimate of drug-likeness (QED) is 0.618. The first-order chi connectivity index (χ1) is 10.4. The Kier molecular flexibility index (Phi) is 4.65. The van der Waals surface area contributed by atoms with E-state index in [1.54, 1.807) is 27.0 Å². The second-order valence-corrected chi connectivity index (χ2v) is 5.28. The van der Waals surface area contributed by atoms with Crippen LogP contribution in [0, 0.1) is 0 Å². The van der Waals surface area contributed by atoms with Gasteiger partial charge in [-0.3, -0.25) is 4.79 Å². The Labute approximate surface area is 129 Å². The molecule has 0 fully saturated rings. The van der Waals surface area contributed by atoms with Gasteiger partial charge in [0.15, 0.2) is 5.78 Å². The minimum absolute atomic E-state index is 0.0190. The normalized spacial score (nSPS) is 16.7. The Morgan fingerprint density at radius 1 is 1.23 bits per heavy atom. The Morgan fingerprint density at radius 3 is 2.50 bits per heavy atom. The van der Waals surface area contributed by atoms with E-state index in [1.807, 2.05) is 24.3 Å². The van der Waals surface area contributed by atoms with E-state index in [0.29, 0.717) is 5.76 Å². The molecular weight excluding hydrogens is 284 g/mol. The Balaban J connectivity index is 1.97. The zero-order valence-electron chi connectivity index (χ0n) is 12.8. The fourth-order valence-corrected chi connectivity index (χ4v) is 1.99. The fourth-order valence-electron chi connectivity index (χ4n) is 1.99. The predicted octanol–water partition coefficient (Wildman–Crippen LogP) is 2.86. The Morgan fingerprint density at radius 2 is 1.91 bits per heavy atom. The van der Waals surface area contributed by atoms with Gasteiger partial charge in [-0.05, 0) is 23.8 Å². The summed E-state index contributed by atoms with van der Waals surface area (Å²) in [5.74, 6) is -0.636. The number of allylic oxidation sites excluding steroid dienone is 2. The van der Waals surface area contributed by atoms with Crippen LogP contribution in [0.4, 0.5) is 0 Å². The summed E-state index contributed by atoms with van der Waals surface area (Å²) < 4.78 is 15.5. The van der Waals surface area contributed by atoms with Crippen LogP contribution in [0.2, 0.25) is 0 Å². The summed E-state index contributed by atoms with van der Waals surface area (Å²) in [7, 11) is 1.60. The zero-order valence-corrected chi connectivity index (χ0v) is 12.8. The molecule has 0 bridgehead atoms. The number of ether oxygens (including phenoxy) is 3. The highest BCUT2D eigenvalue weighted by Crippen LogP contribution is 2.24. The van der Waals surface area contributed by atoms with Crippen LogP contribution in [0.3, 0.4) is 0 Å². The molecule has 0 amide bonds. The third-order valence-corrected chi connectivity index (χ3v) is 2.93. The van der Waals surface area contributed by atoms with Gasteiger partial charge >= 0.3 is 5.97 Å². The van der Waals surface area contributed by atoms with Crippen LogP contribution in [0.1, 0.15) is 25.8 Å². The maximum Gasteiger partial charge on any atom is 0.337 e. The molecule has 1 aliphatic heterocycles. The SMILES string of the molecule is COc1ccc(/C=C/C(=O)CC2=CC(=O)OC(C)(C)O2)cc1. The lowest BCUT2D eigenvalue weighted by Crippen LogP contribution is -2.34. The standard InChI is InChI=1S/C17H18O5/c1-17(2)21-15(11-16(19)22-17)10-13(18)7-4-12-5-8-14(20-3)9-6-12/h4-9,11H,10H2,1-3H3/b7-4+. The highest BCUT2D eigenvalue weighted by molar-refractivity contribution is 5.96. The van der Waals surface area contributed by atoms with Gasteiger partial charge in [0.1, 0.15) is 11.5 Å². The predicted molar refractivity (Wildman–Crippen MR) is 81.0 cm³/mol. The van der Waals surface area contributed by atoms with Gasteiger partial charge in [-0.2, -0.15) is 0 Å².